The van der Waals surface area contributed by atoms with Gasteiger partial charge < -0.3 is 10.1 Å². The van der Waals surface area contributed by atoms with Crippen molar-refractivity contribution in [3.05, 3.63) is 16.1 Å². The Morgan fingerprint density at radius 3 is 3.00 bits per heavy atom. The summed E-state index contributed by atoms with van der Waals surface area (Å²) in [7, 11) is 1.89. The average molecular weight is 251 g/mol. The predicted octanol–water partition coefficient (Wildman–Crippen LogP) is 1.50. The normalized spacial score (nSPS) is 9.47. The third-order valence-electron chi connectivity index (χ3n) is 1.63. The molecule has 0 saturated carbocycles. The predicted molar refractivity (Wildman–Crippen MR) is 62.9 cm³/mol. The van der Waals surface area contributed by atoms with Crippen LogP contribution in [0.15, 0.2) is 5.38 Å². The molecule has 1 heterocycles. The van der Waals surface area contributed by atoms with Crippen LogP contribution in [0.4, 0.5) is 0 Å². The van der Waals surface area contributed by atoms with Crippen LogP contribution in [0.5, 0.6) is 0 Å². The fourth-order valence-corrected chi connectivity index (χ4v) is 1.72. The van der Waals surface area contributed by atoms with Crippen LogP contribution in [0.25, 0.3) is 0 Å². The molecule has 1 aromatic heterocycles. The number of nitrogens with one attached hydrogen (secondary N) is 1. The molecule has 0 aromatic carbocycles. The average Bonchev–Trinajstić information content (AvgIpc) is 2.63. The van der Waals surface area contributed by atoms with Crippen molar-refractivity contribution in [2.24, 2.45) is 0 Å². The number of aromatic nitrogens is 1. The number of esters is 1. The van der Waals surface area contributed by atoms with Crippen molar-refractivity contribution in [1.29, 1.82) is 0 Å². The summed E-state index contributed by atoms with van der Waals surface area (Å²) < 4.78 is 4.84. The molecular weight excluding hydrogens is 236 g/mol. The number of nitrogens with zero attached hydrogens (tertiary/aromatic N) is 1. The van der Waals surface area contributed by atoms with Crippen LogP contribution in [0, 0.1) is 0 Å². The van der Waals surface area contributed by atoms with E-state index in [1.165, 1.54) is 11.3 Å². The molecule has 0 aliphatic heterocycles. The molecule has 0 atom stereocenters. The second-order valence-electron chi connectivity index (χ2n) is 2.70. The lowest BCUT2D eigenvalue weighted by atomic mass is 10.4. The van der Waals surface area contributed by atoms with E-state index in [-0.39, 0.29) is 18.4 Å². The first-order chi connectivity index (χ1) is 6.77. The lowest BCUT2D eigenvalue weighted by Crippen LogP contribution is -2.10. The second-order valence-corrected chi connectivity index (χ2v) is 3.64. The topological polar surface area (TPSA) is 51.2 Å². The smallest absolute Gasteiger partial charge is 0.357 e. The van der Waals surface area contributed by atoms with Crippen molar-refractivity contribution in [3.63, 3.8) is 0 Å². The Balaban J connectivity index is 0.00000196. The molecule has 0 radical (unpaired) electrons. The van der Waals surface area contributed by atoms with E-state index in [1.54, 1.807) is 12.3 Å². The monoisotopic (exact) mass is 250 g/mol. The summed E-state index contributed by atoms with van der Waals surface area (Å²) in [6.07, 6.45) is 0.848. The molecule has 6 heteroatoms. The minimum atomic E-state index is -0.334. The SMILES string of the molecule is CCOC(=O)c1csc(CCNC)n1.Cl. The van der Waals surface area contributed by atoms with Gasteiger partial charge in [-0.25, -0.2) is 9.78 Å². The quantitative estimate of drug-likeness (QED) is 0.805. The molecule has 86 valence electrons. The molecule has 0 spiro atoms. The molecule has 0 unspecified atom stereocenters. The zero-order valence-corrected chi connectivity index (χ0v) is 10.4. The van der Waals surface area contributed by atoms with Crippen molar-refractivity contribution in [2.45, 2.75) is 13.3 Å². The standard InChI is InChI=1S/C9H14N2O2S.ClH/c1-3-13-9(12)7-6-14-8(11-7)4-5-10-2;/h6,10H,3-5H2,1-2H3;1H. The largest absolute Gasteiger partial charge is 0.461 e. The highest BCUT2D eigenvalue weighted by molar-refractivity contribution is 7.09. The summed E-state index contributed by atoms with van der Waals surface area (Å²) in [4.78, 5) is 15.4. The molecule has 0 aliphatic rings. The van der Waals surface area contributed by atoms with Crippen LogP contribution in [-0.4, -0.2) is 31.2 Å². The van der Waals surface area contributed by atoms with Crippen LogP contribution in [0.1, 0.15) is 22.4 Å². The third-order valence-corrected chi connectivity index (χ3v) is 2.53. The van der Waals surface area contributed by atoms with E-state index >= 15 is 0 Å². The molecule has 0 aliphatic carbocycles. The Bertz CT molecular complexity index is 304. The molecule has 1 rings (SSSR count). The Morgan fingerprint density at radius 1 is 1.67 bits per heavy atom. The van der Waals surface area contributed by atoms with E-state index in [0.717, 1.165) is 18.0 Å². The minimum Gasteiger partial charge on any atom is -0.461 e. The second kappa shape index (κ2) is 7.62. The Hall–Kier alpha value is -0.650. The number of likely N-dealkylation sites (N-methyl/N-ethyl adjacent to an activating group) is 1. The van der Waals surface area contributed by atoms with Crippen molar-refractivity contribution >= 4 is 29.7 Å². The van der Waals surface area contributed by atoms with Crippen molar-refractivity contribution < 1.29 is 9.53 Å². The Kier molecular flexibility index (Phi) is 7.29. The maximum atomic E-state index is 11.2. The van der Waals surface area contributed by atoms with Gasteiger partial charge >= 0.3 is 5.97 Å². The Labute approximate surface area is 99.5 Å². The van der Waals surface area contributed by atoms with E-state index in [9.17, 15) is 4.79 Å². The minimum absolute atomic E-state index is 0. The first kappa shape index (κ1) is 14.3. The first-order valence-corrected chi connectivity index (χ1v) is 5.42. The number of hydrogen-bond acceptors (Lipinski definition) is 5. The van der Waals surface area contributed by atoms with Crippen LogP contribution in [0.2, 0.25) is 0 Å². The lowest BCUT2D eigenvalue weighted by molar-refractivity contribution is 0.0520. The van der Waals surface area contributed by atoms with Gasteiger partial charge in [-0.1, -0.05) is 0 Å². The molecule has 0 saturated heterocycles. The maximum absolute atomic E-state index is 11.2. The Morgan fingerprint density at radius 2 is 2.40 bits per heavy atom. The number of carbonyl (C=O) groups excluding carboxylic acids is 1. The third kappa shape index (κ3) is 4.59. The summed E-state index contributed by atoms with van der Waals surface area (Å²) >= 11 is 1.49. The van der Waals surface area contributed by atoms with E-state index in [4.69, 9.17) is 4.74 Å². The van der Waals surface area contributed by atoms with Gasteiger partial charge in [-0.2, -0.15) is 0 Å². The van der Waals surface area contributed by atoms with E-state index in [0.29, 0.717) is 12.3 Å². The molecular formula is C9H15ClN2O2S. The molecule has 0 fully saturated rings. The maximum Gasteiger partial charge on any atom is 0.357 e. The van der Waals surface area contributed by atoms with Crippen molar-refractivity contribution in [1.82, 2.24) is 10.3 Å². The van der Waals surface area contributed by atoms with Crippen molar-refractivity contribution in [2.75, 3.05) is 20.2 Å². The van der Waals surface area contributed by atoms with Gasteiger partial charge in [0.1, 0.15) is 0 Å². The number of rotatable bonds is 5. The van der Waals surface area contributed by atoms with Gasteiger partial charge in [-0.05, 0) is 14.0 Å². The van der Waals surface area contributed by atoms with Crippen LogP contribution >= 0.6 is 23.7 Å². The first-order valence-electron chi connectivity index (χ1n) is 4.54. The molecule has 0 amide bonds. The van der Waals surface area contributed by atoms with Gasteiger partial charge in [-0.15, -0.1) is 23.7 Å². The highest BCUT2D eigenvalue weighted by Gasteiger charge is 2.10. The van der Waals surface area contributed by atoms with E-state index < -0.39 is 0 Å². The summed E-state index contributed by atoms with van der Waals surface area (Å²) in [6.45, 7) is 3.05. The van der Waals surface area contributed by atoms with Gasteiger partial charge in [0, 0.05) is 18.3 Å². The molecule has 1 aromatic rings. The number of hydrogen-bond donors (Lipinski definition) is 1. The molecule has 4 nitrogen and oxygen atoms in total. The zero-order valence-electron chi connectivity index (χ0n) is 8.78. The van der Waals surface area contributed by atoms with Gasteiger partial charge in [0.25, 0.3) is 0 Å². The summed E-state index contributed by atoms with van der Waals surface area (Å²) in [5.41, 5.74) is 0.419. The molecule has 0 bridgehead atoms. The fraction of sp³-hybridized carbons (Fsp3) is 0.556. The van der Waals surface area contributed by atoms with Crippen LogP contribution in [-0.2, 0) is 11.2 Å². The highest BCUT2D eigenvalue weighted by Crippen LogP contribution is 2.10. The van der Waals surface area contributed by atoms with Crippen LogP contribution in [0.3, 0.4) is 0 Å². The highest BCUT2D eigenvalue weighted by atomic mass is 35.5. The number of ether oxygens (including phenoxy) is 1. The summed E-state index contributed by atoms with van der Waals surface area (Å²) in [5, 5.41) is 5.73. The van der Waals surface area contributed by atoms with Gasteiger partial charge in [0.05, 0.1) is 11.6 Å². The van der Waals surface area contributed by atoms with Crippen LogP contribution < -0.4 is 5.32 Å². The lowest BCUT2D eigenvalue weighted by Gasteiger charge is -1.96. The summed E-state index contributed by atoms with van der Waals surface area (Å²) in [5.74, 6) is -0.334. The van der Waals surface area contributed by atoms with E-state index in [2.05, 4.69) is 10.3 Å². The van der Waals surface area contributed by atoms with Gasteiger partial charge in [0.2, 0.25) is 0 Å². The molecule has 15 heavy (non-hydrogen) atoms. The van der Waals surface area contributed by atoms with E-state index in [1.807, 2.05) is 7.05 Å². The van der Waals surface area contributed by atoms with Gasteiger partial charge in [0.15, 0.2) is 5.69 Å². The van der Waals surface area contributed by atoms with Gasteiger partial charge in [-0.3, -0.25) is 0 Å². The molecule has 1 N–H and O–H groups in total. The summed E-state index contributed by atoms with van der Waals surface area (Å²) in [6, 6.07) is 0. The fourth-order valence-electron chi connectivity index (χ4n) is 0.956. The zero-order chi connectivity index (χ0) is 10.4. The number of halogens is 1. The number of carbonyl (C=O) groups is 1. The van der Waals surface area contributed by atoms with Crippen molar-refractivity contribution in [3.8, 4) is 0 Å². The number of thiazole rings is 1.